The van der Waals surface area contributed by atoms with Crippen LogP contribution in [0.3, 0.4) is 0 Å². The monoisotopic (exact) mass is 411 g/mol. The van der Waals surface area contributed by atoms with Crippen LogP contribution < -0.4 is 15.5 Å². The van der Waals surface area contributed by atoms with Crippen LogP contribution in [-0.2, 0) is 16.0 Å². The standard InChI is InChI=1S/C23H29N3O4/c1-4-29-23(28)25-21(14-18-8-6-5-7-9-18)22(27)26-24-15-19-10-12-20(13-11-19)30-16-17(2)3/h5-13,15,17,21H,4,14,16H2,1-3H3,(H,25,28)(H,26,27)/b24-15-/t21-/m1/s1. The molecule has 0 saturated heterocycles. The largest absolute Gasteiger partial charge is 0.493 e. The quantitative estimate of drug-likeness (QED) is 0.462. The minimum atomic E-state index is -0.810. The third kappa shape index (κ3) is 8.34. The summed E-state index contributed by atoms with van der Waals surface area (Å²) in [6, 6.07) is 16.0. The average Bonchev–Trinajstić information content (AvgIpc) is 2.73. The highest BCUT2D eigenvalue weighted by atomic mass is 16.5. The van der Waals surface area contributed by atoms with Gasteiger partial charge in [-0.05, 0) is 48.2 Å². The smallest absolute Gasteiger partial charge is 0.407 e. The first-order valence-corrected chi connectivity index (χ1v) is 10.0. The van der Waals surface area contributed by atoms with Gasteiger partial charge in [0.05, 0.1) is 19.4 Å². The maximum Gasteiger partial charge on any atom is 0.407 e. The van der Waals surface area contributed by atoms with Crippen molar-refractivity contribution >= 4 is 18.2 Å². The molecule has 0 fully saturated rings. The van der Waals surface area contributed by atoms with Gasteiger partial charge in [0.15, 0.2) is 0 Å². The van der Waals surface area contributed by atoms with E-state index >= 15 is 0 Å². The Morgan fingerprint density at radius 3 is 2.40 bits per heavy atom. The molecule has 160 valence electrons. The van der Waals surface area contributed by atoms with E-state index in [0.717, 1.165) is 16.9 Å². The van der Waals surface area contributed by atoms with Crippen LogP contribution in [0.4, 0.5) is 4.79 Å². The maximum absolute atomic E-state index is 12.6. The zero-order valence-electron chi connectivity index (χ0n) is 17.6. The van der Waals surface area contributed by atoms with Gasteiger partial charge in [-0.1, -0.05) is 44.2 Å². The average molecular weight is 412 g/mol. The number of rotatable bonds is 10. The number of nitrogens with zero attached hydrogens (tertiary/aromatic N) is 1. The molecule has 0 aliphatic heterocycles. The van der Waals surface area contributed by atoms with E-state index in [4.69, 9.17) is 9.47 Å². The van der Waals surface area contributed by atoms with E-state index < -0.39 is 18.0 Å². The van der Waals surface area contributed by atoms with E-state index in [1.54, 1.807) is 6.92 Å². The number of carbonyl (C=O) groups excluding carboxylic acids is 2. The van der Waals surface area contributed by atoms with Gasteiger partial charge in [-0.3, -0.25) is 4.79 Å². The van der Waals surface area contributed by atoms with Crippen LogP contribution in [-0.4, -0.2) is 37.5 Å². The Labute approximate surface area is 177 Å². The first kappa shape index (κ1) is 22.9. The van der Waals surface area contributed by atoms with Crippen LogP contribution in [0.1, 0.15) is 31.9 Å². The summed E-state index contributed by atoms with van der Waals surface area (Å²) in [7, 11) is 0. The summed E-state index contributed by atoms with van der Waals surface area (Å²) in [5.74, 6) is 0.806. The Kier molecular flexibility index (Phi) is 9.37. The lowest BCUT2D eigenvalue weighted by molar-refractivity contribution is -0.123. The molecule has 0 aromatic heterocycles. The highest BCUT2D eigenvalue weighted by Crippen LogP contribution is 2.12. The highest BCUT2D eigenvalue weighted by molar-refractivity contribution is 5.87. The normalized spacial score (nSPS) is 11.9. The number of ether oxygens (including phenoxy) is 2. The number of amides is 2. The molecule has 0 aliphatic rings. The Morgan fingerprint density at radius 1 is 1.07 bits per heavy atom. The summed E-state index contributed by atoms with van der Waals surface area (Å²) in [6.45, 7) is 6.76. The van der Waals surface area contributed by atoms with Crippen LogP contribution in [0, 0.1) is 5.92 Å². The molecule has 30 heavy (non-hydrogen) atoms. The number of nitrogens with one attached hydrogen (secondary N) is 2. The molecule has 0 spiro atoms. The zero-order valence-corrected chi connectivity index (χ0v) is 17.6. The number of carbonyl (C=O) groups is 2. The molecule has 2 rings (SSSR count). The molecular formula is C23H29N3O4. The molecule has 0 aliphatic carbocycles. The second kappa shape index (κ2) is 12.3. The van der Waals surface area contributed by atoms with Crippen LogP contribution in [0.2, 0.25) is 0 Å². The first-order chi connectivity index (χ1) is 14.5. The summed E-state index contributed by atoms with van der Waals surface area (Å²) >= 11 is 0. The number of hydrazone groups is 1. The van der Waals surface area contributed by atoms with Gasteiger partial charge in [-0.2, -0.15) is 5.10 Å². The number of benzene rings is 2. The van der Waals surface area contributed by atoms with Gasteiger partial charge >= 0.3 is 6.09 Å². The molecule has 7 nitrogen and oxygen atoms in total. The summed E-state index contributed by atoms with van der Waals surface area (Å²) in [5, 5.41) is 6.59. The molecule has 1 atom stereocenters. The predicted octanol–water partition coefficient (Wildman–Crippen LogP) is 3.53. The van der Waals surface area contributed by atoms with E-state index in [0.29, 0.717) is 18.9 Å². The fraction of sp³-hybridized carbons (Fsp3) is 0.348. The molecule has 0 radical (unpaired) electrons. The number of alkyl carbamates (subject to hydrolysis) is 1. The number of hydrogen-bond acceptors (Lipinski definition) is 5. The Hall–Kier alpha value is -3.35. The lowest BCUT2D eigenvalue weighted by Crippen LogP contribution is -2.47. The van der Waals surface area contributed by atoms with E-state index in [2.05, 4.69) is 29.7 Å². The van der Waals surface area contributed by atoms with Crippen molar-refractivity contribution in [3.05, 3.63) is 65.7 Å². The van der Waals surface area contributed by atoms with Gasteiger partial charge in [0.2, 0.25) is 0 Å². The molecule has 2 amide bonds. The Morgan fingerprint density at radius 2 is 1.77 bits per heavy atom. The van der Waals surface area contributed by atoms with Gasteiger partial charge in [0.1, 0.15) is 11.8 Å². The van der Waals surface area contributed by atoms with Crippen molar-refractivity contribution < 1.29 is 19.1 Å². The minimum Gasteiger partial charge on any atom is -0.493 e. The second-order valence-corrected chi connectivity index (χ2v) is 7.12. The zero-order chi connectivity index (χ0) is 21.8. The van der Waals surface area contributed by atoms with Crippen molar-refractivity contribution in [2.24, 2.45) is 11.0 Å². The summed E-state index contributed by atoms with van der Waals surface area (Å²) in [4.78, 5) is 24.4. The van der Waals surface area contributed by atoms with Crippen LogP contribution in [0.25, 0.3) is 0 Å². The van der Waals surface area contributed by atoms with Crippen molar-refractivity contribution in [1.82, 2.24) is 10.7 Å². The lowest BCUT2D eigenvalue weighted by atomic mass is 10.1. The molecule has 0 heterocycles. The first-order valence-electron chi connectivity index (χ1n) is 10.0. The van der Waals surface area contributed by atoms with Gasteiger partial charge in [0.25, 0.3) is 5.91 Å². The van der Waals surface area contributed by atoms with Gasteiger partial charge < -0.3 is 14.8 Å². The third-order valence-electron chi connectivity index (χ3n) is 4.02. The van der Waals surface area contributed by atoms with Gasteiger partial charge in [-0.15, -0.1) is 0 Å². The Bertz CT molecular complexity index is 820. The molecule has 7 heteroatoms. The molecule has 2 aromatic rings. The number of hydrogen-bond donors (Lipinski definition) is 2. The maximum atomic E-state index is 12.6. The summed E-state index contributed by atoms with van der Waals surface area (Å²) < 4.78 is 10.5. The van der Waals surface area contributed by atoms with Crippen LogP contribution in [0.5, 0.6) is 5.75 Å². The SMILES string of the molecule is CCOC(=O)N[C@H](Cc1ccccc1)C(=O)N/N=C\c1ccc(OCC(C)C)cc1. The van der Waals surface area contributed by atoms with Crippen LogP contribution >= 0.6 is 0 Å². The molecule has 0 bridgehead atoms. The lowest BCUT2D eigenvalue weighted by Gasteiger charge is -2.16. The summed E-state index contributed by atoms with van der Waals surface area (Å²) in [5.41, 5.74) is 4.21. The van der Waals surface area contributed by atoms with Crippen molar-refractivity contribution in [1.29, 1.82) is 0 Å². The third-order valence-corrected chi connectivity index (χ3v) is 4.02. The predicted molar refractivity (Wildman–Crippen MR) is 117 cm³/mol. The van der Waals surface area contributed by atoms with E-state index in [1.807, 2.05) is 54.6 Å². The van der Waals surface area contributed by atoms with E-state index in [-0.39, 0.29) is 6.61 Å². The van der Waals surface area contributed by atoms with Crippen molar-refractivity contribution in [2.75, 3.05) is 13.2 Å². The van der Waals surface area contributed by atoms with Crippen molar-refractivity contribution in [2.45, 2.75) is 33.2 Å². The van der Waals surface area contributed by atoms with Gasteiger partial charge in [-0.25, -0.2) is 10.2 Å². The Balaban J connectivity index is 1.95. The van der Waals surface area contributed by atoms with E-state index in [1.165, 1.54) is 6.21 Å². The van der Waals surface area contributed by atoms with Crippen molar-refractivity contribution in [3.8, 4) is 5.75 Å². The molecule has 2 aromatic carbocycles. The fourth-order valence-electron chi connectivity index (χ4n) is 2.54. The second-order valence-electron chi connectivity index (χ2n) is 7.12. The molecular weight excluding hydrogens is 382 g/mol. The van der Waals surface area contributed by atoms with Crippen molar-refractivity contribution in [3.63, 3.8) is 0 Å². The topological polar surface area (TPSA) is 89.0 Å². The van der Waals surface area contributed by atoms with Crippen LogP contribution in [0.15, 0.2) is 59.7 Å². The minimum absolute atomic E-state index is 0.223. The summed E-state index contributed by atoms with van der Waals surface area (Å²) in [6.07, 6.45) is 1.21. The fourth-order valence-corrected chi connectivity index (χ4v) is 2.54. The highest BCUT2D eigenvalue weighted by Gasteiger charge is 2.21. The molecule has 2 N–H and O–H groups in total. The molecule has 0 saturated carbocycles. The van der Waals surface area contributed by atoms with E-state index in [9.17, 15) is 9.59 Å². The molecule has 0 unspecified atom stereocenters. The van der Waals surface area contributed by atoms with Gasteiger partial charge in [0, 0.05) is 6.42 Å².